The van der Waals surface area contributed by atoms with Gasteiger partial charge in [0, 0.05) is 23.9 Å². The lowest BCUT2D eigenvalue weighted by molar-refractivity contribution is -0.116. The van der Waals surface area contributed by atoms with Gasteiger partial charge >= 0.3 is 0 Å². The maximum Gasteiger partial charge on any atom is 0.160 e. The van der Waals surface area contributed by atoms with Crippen LogP contribution < -0.4 is 5.32 Å². The first-order valence-electron chi connectivity index (χ1n) is 5.95. The number of phenols is 1. The summed E-state index contributed by atoms with van der Waals surface area (Å²) in [5.41, 5.74) is 2.77. The van der Waals surface area contributed by atoms with E-state index in [4.69, 9.17) is 0 Å². The number of carbonyl (C=O) groups excluding carboxylic acids is 1. The molecule has 2 N–H and O–H groups in total. The van der Waals surface area contributed by atoms with Crippen LogP contribution >= 0.6 is 0 Å². The molecule has 17 heavy (non-hydrogen) atoms. The summed E-state index contributed by atoms with van der Waals surface area (Å²) in [4.78, 5) is 11.6. The van der Waals surface area contributed by atoms with E-state index in [-0.39, 0.29) is 11.5 Å². The van der Waals surface area contributed by atoms with Crippen molar-refractivity contribution in [3.63, 3.8) is 0 Å². The summed E-state index contributed by atoms with van der Waals surface area (Å²) in [5.74, 6) is 0.509. The Labute approximate surface area is 101 Å². The molecule has 1 aliphatic rings. The van der Waals surface area contributed by atoms with E-state index < -0.39 is 0 Å². The Morgan fingerprint density at radius 2 is 2.06 bits per heavy atom. The van der Waals surface area contributed by atoms with Gasteiger partial charge in [0.05, 0.1) is 0 Å². The van der Waals surface area contributed by atoms with Crippen LogP contribution in [0.3, 0.4) is 0 Å². The number of benzene rings is 1. The summed E-state index contributed by atoms with van der Waals surface area (Å²) in [6.45, 7) is 1.92. The van der Waals surface area contributed by atoms with E-state index in [1.807, 2.05) is 13.0 Å². The predicted molar refractivity (Wildman–Crippen MR) is 68.0 cm³/mol. The quantitative estimate of drug-likeness (QED) is 0.607. The number of allylic oxidation sites excluding steroid dienone is 1. The number of aryl methyl sites for hydroxylation is 1. The molecular formula is C14H17NO2. The number of Topliss-reactive ketones (excluding diaryl/α,β-unsaturated/α-hetero) is 1. The number of aromatic hydroxyl groups is 1. The fraction of sp³-hybridized carbons (Fsp3) is 0.357. The number of rotatable bonds is 2. The summed E-state index contributed by atoms with van der Waals surface area (Å²) in [7, 11) is 0. The molecule has 0 aromatic heterocycles. The van der Waals surface area contributed by atoms with Crippen LogP contribution in [0.25, 0.3) is 0 Å². The third kappa shape index (κ3) is 2.87. The summed E-state index contributed by atoms with van der Waals surface area (Å²) < 4.78 is 0. The molecule has 2 rings (SSSR count). The number of hydrogen-bond donors (Lipinski definition) is 2. The average molecular weight is 231 g/mol. The van der Waals surface area contributed by atoms with Crippen LogP contribution in [-0.2, 0) is 4.79 Å². The molecule has 0 unspecified atom stereocenters. The highest BCUT2D eigenvalue weighted by atomic mass is 16.3. The van der Waals surface area contributed by atoms with Gasteiger partial charge in [-0.3, -0.25) is 4.79 Å². The van der Waals surface area contributed by atoms with Crippen LogP contribution in [0.4, 0.5) is 5.69 Å². The third-order valence-corrected chi connectivity index (χ3v) is 3.07. The van der Waals surface area contributed by atoms with Crippen molar-refractivity contribution in [3.05, 3.63) is 35.5 Å². The number of hydrogen-bond acceptors (Lipinski definition) is 3. The first-order valence-corrected chi connectivity index (χ1v) is 5.95. The Balaban J connectivity index is 2.10. The normalized spacial score (nSPS) is 18.4. The zero-order valence-corrected chi connectivity index (χ0v) is 9.99. The van der Waals surface area contributed by atoms with Gasteiger partial charge in [-0.1, -0.05) is 0 Å². The topological polar surface area (TPSA) is 49.3 Å². The Morgan fingerprint density at radius 1 is 1.29 bits per heavy atom. The van der Waals surface area contributed by atoms with Gasteiger partial charge < -0.3 is 10.4 Å². The number of ketones is 1. The van der Waals surface area contributed by atoms with Gasteiger partial charge in [-0.15, -0.1) is 0 Å². The van der Waals surface area contributed by atoms with E-state index in [1.54, 1.807) is 18.3 Å². The Morgan fingerprint density at radius 3 is 2.76 bits per heavy atom. The van der Waals surface area contributed by atoms with Crippen LogP contribution in [0, 0.1) is 6.92 Å². The largest absolute Gasteiger partial charge is 0.508 e. The summed E-state index contributed by atoms with van der Waals surface area (Å²) in [6.07, 6.45) is 5.44. The molecule has 0 saturated heterocycles. The second-order valence-corrected chi connectivity index (χ2v) is 4.44. The van der Waals surface area contributed by atoms with E-state index in [0.29, 0.717) is 6.42 Å². The van der Waals surface area contributed by atoms with E-state index in [2.05, 4.69) is 5.32 Å². The predicted octanol–water partition coefficient (Wildman–Crippen LogP) is 3.14. The molecule has 3 heteroatoms. The fourth-order valence-corrected chi connectivity index (χ4v) is 2.03. The minimum atomic E-state index is 0.250. The Kier molecular flexibility index (Phi) is 3.47. The Hall–Kier alpha value is -1.77. The van der Waals surface area contributed by atoms with Crippen LogP contribution in [0.15, 0.2) is 30.0 Å². The van der Waals surface area contributed by atoms with Crippen molar-refractivity contribution < 1.29 is 9.90 Å². The molecule has 1 saturated carbocycles. The highest BCUT2D eigenvalue weighted by Gasteiger charge is 2.14. The van der Waals surface area contributed by atoms with Gasteiger partial charge in [0.15, 0.2) is 5.78 Å². The molecule has 1 aromatic rings. The van der Waals surface area contributed by atoms with Crippen LogP contribution in [0.1, 0.15) is 31.2 Å². The third-order valence-electron chi connectivity index (χ3n) is 3.07. The SMILES string of the molecule is Cc1cc(O)ccc1N/C=C1/CCCCC1=O. The molecule has 0 amide bonds. The zero-order chi connectivity index (χ0) is 12.3. The molecule has 0 heterocycles. The van der Waals surface area contributed by atoms with Crippen molar-refractivity contribution in [1.82, 2.24) is 0 Å². The average Bonchev–Trinajstić information content (AvgIpc) is 2.30. The minimum Gasteiger partial charge on any atom is -0.508 e. The molecule has 3 nitrogen and oxygen atoms in total. The number of nitrogens with one attached hydrogen (secondary N) is 1. The summed E-state index contributed by atoms with van der Waals surface area (Å²) in [5, 5.41) is 12.4. The van der Waals surface area contributed by atoms with Gasteiger partial charge in [-0.05, 0) is 49.9 Å². The van der Waals surface area contributed by atoms with Gasteiger partial charge in [0.25, 0.3) is 0 Å². The second-order valence-electron chi connectivity index (χ2n) is 4.44. The first-order chi connectivity index (χ1) is 8.16. The van der Waals surface area contributed by atoms with Crippen molar-refractivity contribution in [3.8, 4) is 5.75 Å². The van der Waals surface area contributed by atoms with Crippen molar-refractivity contribution in [1.29, 1.82) is 0 Å². The van der Waals surface area contributed by atoms with Crippen LogP contribution in [0.5, 0.6) is 5.75 Å². The van der Waals surface area contributed by atoms with Crippen molar-refractivity contribution in [2.45, 2.75) is 32.6 Å². The fourth-order valence-electron chi connectivity index (χ4n) is 2.03. The lowest BCUT2D eigenvalue weighted by Crippen LogP contribution is -2.10. The van der Waals surface area contributed by atoms with Gasteiger partial charge in [-0.2, -0.15) is 0 Å². The van der Waals surface area contributed by atoms with Crippen molar-refractivity contribution in [2.24, 2.45) is 0 Å². The molecule has 0 aliphatic heterocycles. The zero-order valence-electron chi connectivity index (χ0n) is 9.99. The van der Waals surface area contributed by atoms with Crippen molar-refractivity contribution in [2.75, 3.05) is 5.32 Å². The first kappa shape index (κ1) is 11.7. The standard InChI is InChI=1S/C14H17NO2/c1-10-8-12(16)6-7-13(10)15-9-11-4-2-3-5-14(11)17/h6-9,15-16H,2-5H2,1H3/b11-9-. The lowest BCUT2D eigenvalue weighted by Gasteiger charge is -2.13. The van der Waals surface area contributed by atoms with Gasteiger partial charge in [0.1, 0.15) is 5.75 Å². The van der Waals surface area contributed by atoms with Gasteiger partial charge in [-0.25, -0.2) is 0 Å². The van der Waals surface area contributed by atoms with Crippen LogP contribution in [-0.4, -0.2) is 10.9 Å². The Bertz CT molecular complexity index is 463. The van der Waals surface area contributed by atoms with E-state index in [0.717, 1.165) is 36.1 Å². The number of phenolic OH excluding ortho intramolecular Hbond substituents is 1. The minimum absolute atomic E-state index is 0.250. The van der Waals surface area contributed by atoms with Crippen LogP contribution in [0.2, 0.25) is 0 Å². The summed E-state index contributed by atoms with van der Waals surface area (Å²) in [6, 6.07) is 5.15. The molecular weight excluding hydrogens is 214 g/mol. The molecule has 1 aromatic carbocycles. The maximum atomic E-state index is 11.6. The van der Waals surface area contributed by atoms with Crippen molar-refractivity contribution >= 4 is 11.5 Å². The molecule has 1 fully saturated rings. The molecule has 0 atom stereocenters. The van der Waals surface area contributed by atoms with Gasteiger partial charge in [0.2, 0.25) is 0 Å². The molecule has 90 valence electrons. The monoisotopic (exact) mass is 231 g/mol. The number of anilines is 1. The lowest BCUT2D eigenvalue weighted by atomic mass is 9.94. The van der Waals surface area contributed by atoms with E-state index in [1.165, 1.54) is 0 Å². The molecule has 0 bridgehead atoms. The number of carbonyl (C=O) groups is 1. The molecule has 1 aliphatic carbocycles. The second kappa shape index (κ2) is 5.04. The highest BCUT2D eigenvalue weighted by Crippen LogP contribution is 2.23. The molecule has 0 spiro atoms. The van der Waals surface area contributed by atoms with E-state index in [9.17, 15) is 9.90 Å². The van der Waals surface area contributed by atoms with E-state index >= 15 is 0 Å². The summed E-state index contributed by atoms with van der Waals surface area (Å²) >= 11 is 0. The smallest absolute Gasteiger partial charge is 0.160 e. The maximum absolute atomic E-state index is 11.6. The molecule has 0 radical (unpaired) electrons. The highest BCUT2D eigenvalue weighted by molar-refractivity contribution is 5.96.